The van der Waals surface area contributed by atoms with Crippen LogP contribution in [0, 0.1) is 11.8 Å². The Hall–Kier alpha value is -4.42. The Morgan fingerprint density at radius 1 is 0.976 bits per heavy atom. The number of benzene rings is 1. The number of carbonyl (C=O) groups is 5. The van der Waals surface area contributed by atoms with Gasteiger partial charge in [-0.3, -0.25) is 29.0 Å². The zero-order valence-electron chi connectivity index (χ0n) is 23.7. The minimum absolute atomic E-state index is 0.0955. The van der Waals surface area contributed by atoms with Gasteiger partial charge < -0.3 is 37.8 Å². The number of nitrogens with one attached hydrogen (secondary N) is 4. The summed E-state index contributed by atoms with van der Waals surface area (Å²) >= 11 is 0. The first-order valence-electron chi connectivity index (χ1n) is 13.5. The van der Waals surface area contributed by atoms with Crippen molar-refractivity contribution in [1.29, 1.82) is 0 Å². The highest BCUT2D eigenvalue weighted by Gasteiger charge is 2.30. The maximum atomic E-state index is 13.5. The predicted octanol–water partition coefficient (Wildman–Crippen LogP) is -0.440. The number of nitrogens with zero attached hydrogens (tertiary/aromatic N) is 1. The van der Waals surface area contributed by atoms with E-state index in [1.807, 2.05) is 44.2 Å². The lowest BCUT2D eigenvalue weighted by atomic mass is 9.89. The van der Waals surface area contributed by atoms with Gasteiger partial charge in [-0.25, -0.2) is 0 Å². The average molecular weight is 572 g/mol. The Kier molecular flexibility index (Phi) is 12.8. The first-order valence-corrected chi connectivity index (χ1v) is 13.5. The predicted molar refractivity (Wildman–Crippen MR) is 153 cm³/mol. The molecule has 0 bridgehead atoms. The molecule has 0 saturated carbocycles. The Labute approximate surface area is 239 Å². The molecule has 0 aliphatic carbocycles. The van der Waals surface area contributed by atoms with Crippen molar-refractivity contribution in [3.63, 3.8) is 0 Å². The molecule has 0 aromatic heterocycles. The lowest BCUT2D eigenvalue weighted by Crippen LogP contribution is -2.54. The minimum Gasteiger partial charge on any atom is -0.481 e. The summed E-state index contributed by atoms with van der Waals surface area (Å²) < 4.78 is 0. The van der Waals surface area contributed by atoms with Crippen molar-refractivity contribution in [1.82, 2.24) is 21.3 Å². The third-order valence-corrected chi connectivity index (χ3v) is 6.64. The fraction of sp³-hybridized carbons (Fsp3) is 0.500. The van der Waals surface area contributed by atoms with Crippen molar-refractivity contribution in [2.45, 2.75) is 64.6 Å². The van der Waals surface area contributed by atoms with E-state index in [0.717, 1.165) is 5.56 Å². The monoisotopic (exact) mass is 571 g/mol. The number of aliphatic imine (C=N–C) groups is 1. The zero-order chi connectivity index (χ0) is 30.5. The van der Waals surface area contributed by atoms with Gasteiger partial charge in [-0.05, 0) is 37.7 Å². The Morgan fingerprint density at radius 2 is 1.63 bits per heavy atom. The van der Waals surface area contributed by atoms with Gasteiger partial charge in [-0.1, -0.05) is 55.8 Å². The van der Waals surface area contributed by atoms with Crippen LogP contribution < -0.4 is 32.7 Å². The fourth-order valence-corrected chi connectivity index (χ4v) is 4.38. The number of carboxylic acids is 1. The van der Waals surface area contributed by atoms with E-state index in [4.69, 9.17) is 11.5 Å². The van der Waals surface area contributed by atoms with Gasteiger partial charge in [-0.2, -0.15) is 0 Å². The Balaban J connectivity index is 2.49. The van der Waals surface area contributed by atoms with Crippen LogP contribution in [-0.4, -0.2) is 71.9 Å². The molecule has 0 radical (unpaired) electrons. The lowest BCUT2D eigenvalue weighted by molar-refractivity contribution is -0.140. The molecule has 4 amide bonds. The summed E-state index contributed by atoms with van der Waals surface area (Å²) in [6.45, 7) is 5.22. The van der Waals surface area contributed by atoms with Crippen LogP contribution in [-0.2, 0) is 30.4 Å². The summed E-state index contributed by atoms with van der Waals surface area (Å²) in [7, 11) is 0. The van der Waals surface area contributed by atoms with E-state index >= 15 is 0 Å². The molecule has 3 unspecified atom stereocenters. The second-order valence-electron chi connectivity index (χ2n) is 10.4. The number of rotatable bonds is 9. The molecule has 1 aliphatic rings. The lowest BCUT2D eigenvalue weighted by Gasteiger charge is -2.26. The summed E-state index contributed by atoms with van der Waals surface area (Å²) in [5.41, 5.74) is 12.3. The van der Waals surface area contributed by atoms with E-state index in [9.17, 15) is 29.1 Å². The van der Waals surface area contributed by atoms with Gasteiger partial charge >= 0.3 is 5.97 Å². The summed E-state index contributed by atoms with van der Waals surface area (Å²) in [6, 6.07) is 6.39. The van der Waals surface area contributed by atoms with Crippen molar-refractivity contribution in [2.24, 2.45) is 28.3 Å². The summed E-state index contributed by atoms with van der Waals surface area (Å²) in [5.74, 6) is -4.66. The second-order valence-corrected chi connectivity index (χ2v) is 10.4. The van der Waals surface area contributed by atoms with Crippen LogP contribution in [0.1, 0.15) is 45.6 Å². The minimum atomic E-state index is -1.39. The molecule has 13 heteroatoms. The van der Waals surface area contributed by atoms with Crippen LogP contribution >= 0.6 is 0 Å². The van der Waals surface area contributed by atoms with Gasteiger partial charge in [0.05, 0.1) is 24.9 Å². The van der Waals surface area contributed by atoms with Gasteiger partial charge in [0.1, 0.15) is 12.1 Å². The van der Waals surface area contributed by atoms with E-state index in [1.165, 1.54) is 0 Å². The van der Waals surface area contributed by atoms with Gasteiger partial charge in [0.25, 0.3) is 0 Å². The average Bonchev–Trinajstić information content (AvgIpc) is 2.90. The first-order chi connectivity index (χ1) is 19.4. The number of carboxylic acid groups (broad SMARTS) is 1. The number of amides is 4. The van der Waals surface area contributed by atoms with E-state index in [-0.39, 0.29) is 24.8 Å². The van der Waals surface area contributed by atoms with Crippen LogP contribution in [0.25, 0.3) is 0 Å². The summed E-state index contributed by atoms with van der Waals surface area (Å²) in [5, 5.41) is 19.9. The number of guanidine groups is 1. The molecule has 224 valence electrons. The van der Waals surface area contributed by atoms with E-state index in [2.05, 4.69) is 26.3 Å². The molecule has 1 aromatic rings. The topological polar surface area (TPSA) is 218 Å². The van der Waals surface area contributed by atoms with Crippen LogP contribution in [0.15, 0.2) is 47.0 Å². The highest BCUT2D eigenvalue weighted by Crippen LogP contribution is 2.20. The van der Waals surface area contributed by atoms with Crippen molar-refractivity contribution in [3.05, 3.63) is 47.5 Å². The third-order valence-electron chi connectivity index (χ3n) is 6.64. The highest BCUT2D eigenvalue weighted by atomic mass is 16.4. The van der Waals surface area contributed by atoms with Crippen molar-refractivity contribution < 1.29 is 29.1 Å². The Morgan fingerprint density at radius 3 is 2.24 bits per heavy atom. The van der Waals surface area contributed by atoms with Crippen molar-refractivity contribution in [3.8, 4) is 0 Å². The first kappa shape index (κ1) is 32.8. The summed E-state index contributed by atoms with van der Waals surface area (Å²) in [6.07, 6.45) is 2.04. The highest BCUT2D eigenvalue weighted by molar-refractivity contribution is 5.94. The quantitative estimate of drug-likeness (QED) is 0.0889. The van der Waals surface area contributed by atoms with Crippen LogP contribution in [0.2, 0.25) is 0 Å². The van der Waals surface area contributed by atoms with Crippen LogP contribution in [0.5, 0.6) is 0 Å². The molecule has 13 nitrogen and oxygen atoms in total. The molecular weight excluding hydrogens is 530 g/mol. The SMILES string of the molecule is C/C1=C/C(C(C)C)C(=O)N[C@@H](CCCN=C(N)N)C(=O)NCC(=O)NC(CC(=O)O)C(=O)NC1Cc1ccccc1. The molecule has 2 rings (SSSR count). The smallest absolute Gasteiger partial charge is 0.305 e. The number of aliphatic carboxylic acids is 1. The molecule has 9 N–H and O–H groups in total. The number of hydrogen-bond donors (Lipinski definition) is 7. The van der Waals surface area contributed by atoms with Crippen LogP contribution in [0.3, 0.4) is 0 Å². The molecule has 1 aromatic carbocycles. The van der Waals surface area contributed by atoms with Gasteiger partial charge in [0.15, 0.2) is 5.96 Å². The molecule has 0 saturated heterocycles. The van der Waals surface area contributed by atoms with Gasteiger partial charge in [0.2, 0.25) is 23.6 Å². The maximum Gasteiger partial charge on any atom is 0.305 e. The van der Waals surface area contributed by atoms with E-state index < -0.39 is 66.6 Å². The molecule has 4 atom stereocenters. The van der Waals surface area contributed by atoms with E-state index in [0.29, 0.717) is 18.4 Å². The second kappa shape index (κ2) is 16.0. The molecule has 1 aliphatic heterocycles. The van der Waals surface area contributed by atoms with Crippen molar-refractivity contribution >= 4 is 35.6 Å². The Bertz CT molecular complexity index is 1150. The normalized spacial score (nSPS) is 24.0. The van der Waals surface area contributed by atoms with Crippen molar-refractivity contribution in [2.75, 3.05) is 13.1 Å². The number of carbonyl (C=O) groups excluding carboxylic acids is 4. The summed E-state index contributed by atoms with van der Waals surface area (Å²) in [4.78, 5) is 67.8. The van der Waals surface area contributed by atoms with Gasteiger partial charge in [-0.15, -0.1) is 0 Å². The zero-order valence-corrected chi connectivity index (χ0v) is 23.7. The molecule has 1 heterocycles. The standard InChI is InChI=1S/C28H41N7O6/c1-16(2)19-12-17(3)21(13-18-8-5-4-6-9-18)35-27(41)22(14-24(37)38)33-23(36)15-32-26(40)20(34-25(19)39)10-7-11-31-28(29)30/h4-6,8-9,12,16,19-22H,7,10-11,13-15H2,1-3H3,(H,32,40)(H,33,36)(H,34,39)(H,35,41)(H,37,38)(H4,29,30,31)/b17-12-/t19?,20-,21?,22?/m0/s1. The van der Waals surface area contributed by atoms with E-state index in [1.54, 1.807) is 13.0 Å². The molecular formula is C28H41N7O6. The van der Waals surface area contributed by atoms with Crippen LogP contribution in [0.4, 0.5) is 0 Å². The molecule has 41 heavy (non-hydrogen) atoms. The number of hydrogen-bond acceptors (Lipinski definition) is 6. The molecule has 0 fully saturated rings. The number of nitrogens with two attached hydrogens (primary N) is 2. The molecule has 0 spiro atoms. The fourth-order valence-electron chi connectivity index (χ4n) is 4.38. The maximum absolute atomic E-state index is 13.5. The largest absolute Gasteiger partial charge is 0.481 e. The van der Waals surface area contributed by atoms with Gasteiger partial charge in [0, 0.05) is 6.54 Å². The third kappa shape index (κ3) is 11.3.